The zero-order valence-corrected chi connectivity index (χ0v) is 16.5. The number of hydrogen-bond acceptors (Lipinski definition) is 4. The fourth-order valence-corrected chi connectivity index (χ4v) is 3.93. The maximum atomic E-state index is 12.3. The molecule has 0 heterocycles. The van der Waals surface area contributed by atoms with Gasteiger partial charge in [0.2, 0.25) is 10.0 Å². The van der Waals surface area contributed by atoms with E-state index in [0.29, 0.717) is 10.7 Å². The molecule has 2 aromatic carbocycles. The molecule has 9 heteroatoms. The van der Waals surface area contributed by atoms with Gasteiger partial charge < -0.3 is 10.1 Å². The molecule has 1 atom stereocenters. The summed E-state index contributed by atoms with van der Waals surface area (Å²) in [7, 11) is -2.17. The molecule has 0 aliphatic carbocycles. The lowest BCUT2D eigenvalue weighted by atomic mass is 10.2. The van der Waals surface area contributed by atoms with Crippen molar-refractivity contribution in [1.29, 1.82) is 0 Å². The van der Waals surface area contributed by atoms with Crippen LogP contribution in [0.2, 0.25) is 10.0 Å². The summed E-state index contributed by atoms with van der Waals surface area (Å²) >= 11 is 11.8. The van der Waals surface area contributed by atoms with Crippen molar-refractivity contribution in [3.63, 3.8) is 0 Å². The van der Waals surface area contributed by atoms with Crippen LogP contribution in [0.1, 0.15) is 17.3 Å². The first-order valence-corrected chi connectivity index (χ1v) is 9.84. The number of halogens is 2. The Morgan fingerprint density at radius 2 is 1.81 bits per heavy atom. The highest BCUT2D eigenvalue weighted by atomic mass is 35.5. The van der Waals surface area contributed by atoms with E-state index in [9.17, 15) is 13.2 Å². The summed E-state index contributed by atoms with van der Waals surface area (Å²) in [6, 6.07) is 9.98. The molecule has 0 spiro atoms. The van der Waals surface area contributed by atoms with Crippen LogP contribution in [0.4, 0.5) is 5.69 Å². The first-order valence-electron chi connectivity index (χ1n) is 7.60. The minimum absolute atomic E-state index is 0.0861. The zero-order valence-electron chi connectivity index (χ0n) is 14.1. The molecule has 1 amide bonds. The molecule has 2 N–H and O–H groups in total. The van der Waals surface area contributed by atoms with E-state index < -0.39 is 15.9 Å². The van der Waals surface area contributed by atoms with Crippen LogP contribution in [-0.2, 0) is 14.8 Å². The van der Waals surface area contributed by atoms with E-state index >= 15 is 0 Å². The highest BCUT2D eigenvalue weighted by molar-refractivity contribution is 7.89. The van der Waals surface area contributed by atoms with Gasteiger partial charge in [0.25, 0.3) is 5.91 Å². The fourth-order valence-electron chi connectivity index (χ4n) is 2.21. The number of hydrogen-bond donors (Lipinski definition) is 2. The first kappa shape index (κ1) is 20.7. The molecule has 0 aliphatic heterocycles. The largest absolute Gasteiger partial charge is 0.383 e. The van der Waals surface area contributed by atoms with Crippen LogP contribution in [0.25, 0.3) is 0 Å². The third kappa shape index (κ3) is 5.43. The van der Waals surface area contributed by atoms with Gasteiger partial charge in [-0.3, -0.25) is 4.79 Å². The number of ether oxygens (including phenoxy) is 1. The summed E-state index contributed by atoms with van der Waals surface area (Å²) < 4.78 is 31.9. The van der Waals surface area contributed by atoms with E-state index in [1.54, 1.807) is 13.0 Å². The smallest absolute Gasteiger partial charge is 0.257 e. The lowest BCUT2D eigenvalue weighted by Crippen LogP contribution is -2.35. The lowest BCUT2D eigenvalue weighted by Gasteiger charge is -2.13. The van der Waals surface area contributed by atoms with Crippen LogP contribution in [0.5, 0.6) is 0 Å². The molecule has 0 aromatic heterocycles. The molecule has 140 valence electrons. The monoisotopic (exact) mass is 416 g/mol. The number of sulfonamides is 1. The van der Waals surface area contributed by atoms with Crippen molar-refractivity contribution in [2.45, 2.75) is 17.9 Å². The Labute approximate surface area is 162 Å². The van der Waals surface area contributed by atoms with Crippen LogP contribution in [-0.4, -0.2) is 34.1 Å². The number of methoxy groups -OCH3 is 1. The van der Waals surface area contributed by atoms with E-state index in [4.69, 9.17) is 27.9 Å². The Balaban J connectivity index is 2.10. The third-order valence-electron chi connectivity index (χ3n) is 3.37. The summed E-state index contributed by atoms with van der Waals surface area (Å²) in [5, 5.41) is 3.31. The fraction of sp³-hybridized carbons (Fsp3) is 0.235. The Hall–Kier alpha value is -1.64. The Morgan fingerprint density at radius 1 is 1.15 bits per heavy atom. The van der Waals surface area contributed by atoms with Crippen molar-refractivity contribution in [1.82, 2.24) is 4.72 Å². The average molecular weight is 417 g/mol. The molecule has 1 unspecified atom stereocenters. The van der Waals surface area contributed by atoms with Crippen LogP contribution >= 0.6 is 23.2 Å². The standard InChI is InChI=1S/C17H18Cl2N2O4S/c1-11(10-25-2)21-26(23,24)14-6-4-13(5-7-14)20-17(22)15-8-3-12(18)9-16(15)19/h3-9,11,21H,10H2,1-2H3,(H,20,22). The van der Waals surface area contributed by atoms with Gasteiger partial charge in [-0.15, -0.1) is 0 Å². The van der Waals surface area contributed by atoms with Gasteiger partial charge in [-0.25, -0.2) is 13.1 Å². The highest BCUT2D eigenvalue weighted by Gasteiger charge is 2.17. The first-order chi connectivity index (χ1) is 12.2. The Morgan fingerprint density at radius 3 is 2.38 bits per heavy atom. The van der Waals surface area contributed by atoms with Crippen LogP contribution in [0.3, 0.4) is 0 Å². The van der Waals surface area contributed by atoms with Crippen molar-refractivity contribution in [2.75, 3.05) is 19.0 Å². The molecular formula is C17H18Cl2N2O4S. The van der Waals surface area contributed by atoms with Gasteiger partial charge >= 0.3 is 0 Å². The molecule has 2 rings (SSSR count). The molecule has 0 fully saturated rings. The number of carbonyl (C=O) groups excluding carboxylic acids is 1. The van der Waals surface area contributed by atoms with Crippen LogP contribution < -0.4 is 10.0 Å². The van der Waals surface area contributed by atoms with Gasteiger partial charge in [-0.1, -0.05) is 23.2 Å². The second kappa shape index (κ2) is 8.83. The van der Waals surface area contributed by atoms with Crippen molar-refractivity contribution >= 4 is 44.8 Å². The van der Waals surface area contributed by atoms with Crippen LogP contribution in [0.15, 0.2) is 47.4 Å². The summed E-state index contributed by atoms with van der Waals surface area (Å²) in [6.45, 7) is 1.96. The van der Waals surface area contributed by atoms with Crippen LogP contribution in [0, 0.1) is 0 Å². The number of benzene rings is 2. The molecule has 26 heavy (non-hydrogen) atoms. The number of anilines is 1. The van der Waals surface area contributed by atoms with Gasteiger partial charge in [0, 0.05) is 23.9 Å². The van der Waals surface area contributed by atoms with Gasteiger partial charge in [-0.05, 0) is 49.4 Å². The lowest BCUT2D eigenvalue weighted by molar-refractivity contribution is 0.102. The maximum absolute atomic E-state index is 12.3. The third-order valence-corrected chi connectivity index (χ3v) is 5.52. The summed E-state index contributed by atoms with van der Waals surface area (Å²) in [6.07, 6.45) is 0. The number of nitrogens with one attached hydrogen (secondary N) is 2. The molecular weight excluding hydrogens is 399 g/mol. The molecule has 0 bridgehead atoms. The summed E-state index contributed by atoms with van der Waals surface area (Å²) in [4.78, 5) is 12.3. The predicted molar refractivity (Wildman–Crippen MR) is 103 cm³/mol. The molecule has 0 radical (unpaired) electrons. The van der Waals surface area contributed by atoms with Gasteiger partial charge in [-0.2, -0.15) is 0 Å². The number of rotatable bonds is 7. The minimum atomic E-state index is -3.67. The van der Waals surface area contributed by atoms with E-state index in [2.05, 4.69) is 10.0 Å². The minimum Gasteiger partial charge on any atom is -0.383 e. The van der Waals surface area contributed by atoms with E-state index in [1.165, 1.54) is 43.5 Å². The summed E-state index contributed by atoms with van der Waals surface area (Å²) in [5.74, 6) is -0.422. The predicted octanol–water partition coefficient (Wildman–Crippen LogP) is 3.56. The van der Waals surface area contributed by atoms with E-state index in [1.807, 2.05) is 0 Å². The molecule has 0 saturated heterocycles. The van der Waals surface area contributed by atoms with Crippen molar-refractivity contribution < 1.29 is 17.9 Å². The SMILES string of the molecule is COCC(C)NS(=O)(=O)c1ccc(NC(=O)c2ccc(Cl)cc2Cl)cc1. The Bertz CT molecular complexity index is 886. The molecule has 0 aliphatic rings. The average Bonchev–Trinajstić information content (AvgIpc) is 2.54. The normalized spacial score (nSPS) is 12.6. The molecule has 6 nitrogen and oxygen atoms in total. The molecule has 2 aromatic rings. The zero-order chi connectivity index (χ0) is 19.3. The second-order valence-electron chi connectivity index (χ2n) is 5.58. The van der Waals surface area contributed by atoms with Crippen molar-refractivity contribution in [3.8, 4) is 0 Å². The summed E-state index contributed by atoms with van der Waals surface area (Å²) in [5.41, 5.74) is 0.702. The van der Waals surface area contributed by atoms with E-state index in [0.717, 1.165) is 0 Å². The number of carbonyl (C=O) groups is 1. The van der Waals surface area contributed by atoms with E-state index in [-0.39, 0.29) is 28.1 Å². The van der Waals surface area contributed by atoms with Gasteiger partial charge in [0.15, 0.2) is 0 Å². The van der Waals surface area contributed by atoms with Gasteiger partial charge in [0.05, 0.1) is 22.1 Å². The Kier molecular flexibility index (Phi) is 7.02. The number of amides is 1. The van der Waals surface area contributed by atoms with Gasteiger partial charge in [0.1, 0.15) is 0 Å². The maximum Gasteiger partial charge on any atom is 0.257 e. The van der Waals surface area contributed by atoms with Crippen molar-refractivity contribution in [3.05, 3.63) is 58.1 Å². The topological polar surface area (TPSA) is 84.5 Å². The quantitative estimate of drug-likeness (QED) is 0.722. The van der Waals surface area contributed by atoms with Crippen molar-refractivity contribution in [2.24, 2.45) is 0 Å². The molecule has 0 saturated carbocycles. The second-order valence-corrected chi connectivity index (χ2v) is 8.14. The highest BCUT2D eigenvalue weighted by Crippen LogP contribution is 2.22.